The minimum absolute atomic E-state index is 0.00394. The van der Waals surface area contributed by atoms with E-state index in [-0.39, 0.29) is 35.0 Å². The molecule has 1 atom stereocenters. The van der Waals surface area contributed by atoms with E-state index in [1.54, 1.807) is 31.3 Å². The number of hydrogen-bond acceptors (Lipinski definition) is 5. The molecule has 0 radical (unpaired) electrons. The van der Waals surface area contributed by atoms with E-state index >= 15 is 0 Å². The summed E-state index contributed by atoms with van der Waals surface area (Å²) in [5, 5.41) is 5.11. The Morgan fingerprint density at radius 2 is 1.73 bits per heavy atom. The zero-order valence-corrected chi connectivity index (χ0v) is 17.2. The summed E-state index contributed by atoms with van der Waals surface area (Å²) in [4.78, 5) is 14.2. The maximum Gasteiger partial charge on any atom is 0.289 e. The summed E-state index contributed by atoms with van der Waals surface area (Å²) in [6, 6.07) is 14.5. The maximum atomic E-state index is 12.9. The number of primary sulfonamides is 1. The first-order valence-corrected chi connectivity index (χ1v) is 10.6. The summed E-state index contributed by atoms with van der Waals surface area (Å²) < 4.78 is 46.8. The van der Waals surface area contributed by atoms with Gasteiger partial charge in [0.1, 0.15) is 23.9 Å². The number of carbonyl (C=O) groups excluding carboxylic acids is 1. The molecule has 0 unspecified atom stereocenters. The summed E-state index contributed by atoms with van der Waals surface area (Å²) in [6.07, 6.45) is 0. The molecule has 0 bridgehead atoms. The summed E-state index contributed by atoms with van der Waals surface area (Å²) in [5.41, 5.74) is 0.740. The third kappa shape index (κ3) is 5.05. The van der Waals surface area contributed by atoms with Crippen LogP contribution in [0.1, 0.15) is 34.8 Å². The van der Waals surface area contributed by atoms with Gasteiger partial charge in [-0.25, -0.2) is 17.9 Å². The Kier molecular flexibility index (Phi) is 6.23. The Hall–Kier alpha value is -3.17. The van der Waals surface area contributed by atoms with Gasteiger partial charge in [0.05, 0.1) is 10.9 Å². The molecule has 3 aromatic rings. The van der Waals surface area contributed by atoms with Gasteiger partial charge in [0.15, 0.2) is 5.76 Å². The number of ether oxygens (including phenoxy) is 1. The standard InChI is InChI=1S/C21H21FN2O5S/c1-14(15-3-10-19(11-4-15)30(23,26)27)24(2)21(25)20-12-9-18(29-20)13-28-17-7-5-16(22)6-8-17/h3-12,14H,13H2,1-2H3,(H2,23,26,27)/t14-/m0/s1. The van der Waals surface area contributed by atoms with Crippen LogP contribution < -0.4 is 9.88 Å². The molecule has 0 aliphatic rings. The van der Waals surface area contributed by atoms with Crippen LogP contribution in [0, 0.1) is 5.82 Å². The molecule has 158 valence electrons. The highest BCUT2D eigenvalue weighted by atomic mass is 32.2. The van der Waals surface area contributed by atoms with Gasteiger partial charge < -0.3 is 14.1 Å². The van der Waals surface area contributed by atoms with E-state index in [2.05, 4.69) is 0 Å². The van der Waals surface area contributed by atoms with Crippen LogP contribution in [-0.4, -0.2) is 26.3 Å². The molecule has 0 fully saturated rings. The van der Waals surface area contributed by atoms with E-state index in [9.17, 15) is 17.6 Å². The monoisotopic (exact) mass is 432 g/mol. The first kappa shape index (κ1) is 21.5. The third-order valence-corrected chi connectivity index (χ3v) is 5.59. The Morgan fingerprint density at radius 1 is 1.10 bits per heavy atom. The van der Waals surface area contributed by atoms with Gasteiger partial charge >= 0.3 is 0 Å². The minimum atomic E-state index is -3.78. The minimum Gasteiger partial charge on any atom is -0.486 e. The van der Waals surface area contributed by atoms with Crippen LogP contribution >= 0.6 is 0 Å². The SMILES string of the molecule is C[C@@H](c1ccc(S(N)(=O)=O)cc1)N(C)C(=O)c1ccc(COc2ccc(F)cc2)o1. The average Bonchev–Trinajstić information content (AvgIpc) is 3.20. The summed E-state index contributed by atoms with van der Waals surface area (Å²) in [6.45, 7) is 1.90. The van der Waals surface area contributed by atoms with Crippen molar-refractivity contribution in [3.63, 3.8) is 0 Å². The van der Waals surface area contributed by atoms with E-state index in [1.165, 1.54) is 41.3 Å². The quantitative estimate of drug-likeness (QED) is 0.616. The van der Waals surface area contributed by atoms with E-state index in [1.807, 2.05) is 6.92 Å². The lowest BCUT2D eigenvalue weighted by Crippen LogP contribution is -2.29. The molecule has 0 saturated heterocycles. The Balaban J connectivity index is 1.64. The van der Waals surface area contributed by atoms with Gasteiger partial charge in [0, 0.05) is 7.05 Å². The molecule has 0 aliphatic heterocycles. The van der Waals surface area contributed by atoms with Gasteiger partial charge in [0.2, 0.25) is 10.0 Å². The number of carbonyl (C=O) groups is 1. The van der Waals surface area contributed by atoms with Gasteiger partial charge in [-0.15, -0.1) is 0 Å². The fourth-order valence-corrected chi connectivity index (χ4v) is 3.28. The molecule has 1 aromatic heterocycles. The largest absolute Gasteiger partial charge is 0.486 e. The van der Waals surface area contributed by atoms with Crippen LogP contribution in [0.2, 0.25) is 0 Å². The number of halogens is 1. The van der Waals surface area contributed by atoms with Crippen LogP contribution in [0.3, 0.4) is 0 Å². The number of amides is 1. The lowest BCUT2D eigenvalue weighted by Gasteiger charge is -2.24. The van der Waals surface area contributed by atoms with Crippen molar-refractivity contribution in [3.8, 4) is 5.75 Å². The lowest BCUT2D eigenvalue weighted by molar-refractivity contribution is 0.0706. The molecule has 0 aliphatic carbocycles. The molecule has 1 heterocycles. The Morgan fingerprint density at radius 3 is 2.33 bits per heavy atom. The fraction of sp³-hybridized carbons (Fsp3) is 0.190. The Bertz CT molecular complexity index is 1120. The van der Waals surface area contributed by atoms with Gasteiger partial charge in [-0.05, 0) is 61.0 Å². The number of nitrogens with two attached hydrogens (primary N) is 1. The van der Waals surface area contributed by atoms with Crippen LogP contribution in [-0.2, 0) is 16.6 Å². The predicted molar refractivity (Wildman–Crippen MR) is 108 cm³/mol. The smallest absolute Gasteiger partial charge is 0.289 e. The number of rotatable bonds is 7. The first-order valence-electron chi connectivity index (χ1n) is 9.02. The number of benzene rings is 2. The zero-order chi connectivity index (χ0) is 21.9. The number of hydrogen-bond donors (Lipinski definition) is 1. The Labute approximate surface area is 173 Å². The van der Waals surface area contributed by atoms with E-state index in [0.717, 1.165) is 5.56 Å². The van der Waals surface area contributed by atoms with Crippen molar-refractivity contribution in [2.45, 2.75) is 24.5 Å². The maximum absolute atomic E-state index is 12.9. The second kappa shape index (κ2) is 8.68. The molecular weight excluding hydrogens is 411 g/mol. The molecule has 2 aromatic carbocycles. The summed E-state index contributed by atoms with van der Waals surface area (Å²) in [7, 11) is -2.15. The molecule has 3 rings (SSSR count). The van der Waals surface area contributed by atoms with Crippen molar-refractivity contribution in [3.05, 3.63) is 83.6 Å². The lowest BCUT2D eigenvalue weighted by atomic mass is 10.1. The van der Waals surface area contributed by atoms with Gasteiger partial charge in [-0.2, -0.15) is 0 Å². The molecule has 2 N–H and O–H groups in total. The number of sulfonamides is 1. The van der Waals surface area contributed by atoms with E-state index < -0.39 is 10.0 Å². The molecule has 0 saturated carbocycles. The van der Waals surface area contributed by atoms with Crippen LogP contribution in [0.4, 0.5) is 4.39 Å². The second-order valence-electron chi connectivity index (χ2n) is 6.71. The van der Waals surface area contributed by atoms with Gasteiger partial charge in [-0.1, -0.05) is 12.1 Å². The number of furan rings is 1. The zero-order valence-electron chi connectivity index (χ0n) is 16.4. The van der Waals surface area contributed by atoms with Crippen molar-refractivity contribution in [1.29, 1.82) is 0 Å². The van der Waals surface area contributed by atoms with E-state index in [4.69, 9.17) is 14.3 Å². The van der Waals surface area contributed by atoms with Crippen molar-refractivity contribution in [2.24, 2.45) is 5.14 Å². The highest BCUT2D eigenvalue weighted by Crippen LogP contribution is 2.23. The van der Waals surface area contributed by atoms with E-state index in [0.29, 0.717) is 11.5 Å². The predicted octanol–water partition coefficient (Wildman–Crippen LogP) is 3.48. The fourth-order valence-electron chi connectivity index (χ4n) is 2.77. The van der Waals surface area contributed by atoms with Crippen molar-refractivity contribution in [1.82, 2.24) is 4.90 Å². The molecule has 9 heteroatoms. The van der Waals surface area contributed by atoms with Crippen LogP contribution in [0.5, 0.6) is 5.75 Å². The van der Waals surface area contributed by atoms with Crippen LogP contribution in [0.15, 0.2) is 70.0 Å². The molecule has 1 amide bonds. The summed E-state index contributed by atoms with van der Waals surface area (Å²) >= 11 is 0. The summed E-state index contributed by atoms with van der Waals surface area (Å²) in [5.74, 6) is 0.370. The van der Waals surface area contributed by atoms with Gasteiger partial charge in [-0.3, -0.25) is 4.79 Å². The van der Waals surface area contributed by atoms with Crippen LogP contribution in [0.25, 0.3) is 0 Å². The van der Waals surface area contributed by atoms with Crippen molar-refractivity contribution in [2.75, 3.05) is 7.05 Å². The first-order chi connectivity index (χ1) is 14.1. The topological polar surface area (TPSA) is 103 Å². The van der Waals surface area contributed by atoms with Gasteiger partial charge in [0.25, 0.3) is 5.91 Å². The normalized spacial score (nSPS) is 12.4. The molecule has 30 heavy (non-hydrogen) atoms. The number of nitrogens with zero attached hydrogens (tertiary/aromatic N) is 1. The molecular formula is C21H21FN2O5S. The average molecular weight is 432 g/mol. The molecule has 7 nitrogen and oxygen atoms in total. The molecule has 0 spiro atoms. The van der Waals surface area contributed by atoms with Crippen molar-refractivity contribution >= 4 is 15.9 Å². The highest BCUT2D eigenvalue weighted by molar-refractivity contribution is 7.89. The van der Waals surface area contributed by atoms with Crippen molar-refractivity contribution < 1.29 is 26.8 Å². The third-order valence-electron chi connectivity index (χ3n) is 4.66. The highest BCUT2D eigenvalue weighted by Gasteiger charge is 2.22. The second-order valence-corrected chi connectivity index (χ2v) is 8.28.